The van der Waals surface area contributed by atoms with Crippen LogP contribution < -0.4 is 5.73 Å². The predicted octanol–water partition coefficient (Wildman–Crippen LogP) is 3.86. The first-order chi connectivity index (χ1) is 8.06. The fourth-order valence-electron chi connectivity index (χ4n) is 2.14. The van der Waals surface area contributed by atoms with E-state index in [9.17, 15) is 5.11 Å². The lowest BCUT2D eigenvalue weighted by Gasteiger charge is -2.31. The number of aliphatic hydroxyl groups is 1. The minimum atomic E-state index is -0.294. The second-order valence-corrected chi connectivity index (χ2v) is 5.76. The molecule has 0 aliphatic heterocycles. The smallest absolute Gasteiger partial charge is 0.0577 e. The van der Waals surface area contributed by atoms with Crippen LogP contribution >= 0.6 is 0 Å². The van der Waals surface area contributed by atoms with E-state index in [1.807, 2.05) is 6.92 Å². The molecule has 0 fully saturated rings. The average molecular weight is 243 g/mol. The van der Waals surface area contributed by atoms with Crippen molar-refractivity contribution in [3.8, 4) is 0 Å². The molecule has 104 valence electrons. The minimum Gasteiger partial charge on any atom is -0.393 e. The summed E-state index contributed by atoms with van der Waals surface area (Å²) in [6.07, 6.45) is 11.4. The van der Waals surface area contributed by atoms with Crippen LogP contribution in [0.2, 0.25) is 0 Å². The number of unbranched alkanes of at least 4 members (excludes halogenated alkanes) is 7. The molecule has 0 saturated heterocycles. The monoisotopic (exact) mass is 243 g/mol. The van der Waals surface area contributed by atoms with Gasteiger partial charge >= 0.3 is 0 Å². The number of aliphatic hydroxyl groups excluding tert-OH is 1. The van der Waals surface area contributed by atoms with E-state index in [-0.39, 0.29) is 11.5 Å². The van der Waals surface area contributed by atoms with Gasteiger partial charge in [-0.15, -0.1) is 0 Å². The Morgan fingerprint density at radius 2 is 1.47 bits per heavy atom. The topological polar surface area (TPSA) is 46.2 Å². The zero-order valence-electron chi connectivity index (χ0n) is 12.2. The molecule has 0 aromatic rings. The van der Waals surface area contributed by atoms with Gasteiger partial charge in [0.15, 0.2) is 0 Å². The summed E-state index contributed by atoms with van der Waals surface area (Å²) in [7, 11) is 0. The Bertz CT molecular complexity index is 170. The Labute approximate surface area is 108 Å². The normalized spacial score (nSPS) is 16.8. The lowest BCUT2D eigenvalue weighted by molar-refractivity contribution is 0.0500. The standard InChI is InChI=1S/C15H33NO/c1-4-5-6-7-8-9-10-11-12-15(3,13-16)14(2)17/h14,17H,4-13,16H2,1-3H3. The maximum Gasteiger partial charge on any atom is 0.0577 e. The van der Waals surface area contributed by atoms with Gasteiger partial charge in [-0.1, -0.05) is 65.2 Å². The van der Waals surface area contributed by atoms with Gasteiger partial charge < -0.3 is 10.8 Å². The second kappa shape index (κ2) is 9.90. The van der Waals surface area contributed by atoms with Crippen LogP contribution in [0.1, 0.15) is 78.6 Å². The van der Waals surface area contributed by atoms with Gasteiger partial charge in [0.25, 0.3) is 0 Å². The Morgan fingerprint density at radius 1 is 1.00 bits per heavy atom. The third-order valence-corrected chi connectivity index (χ3v) is 4.08. The molecular formula is C15H33NO. The molecule has 0 aliphatic rings. The van der Waals surface area contributed by atoms with Gasteiger partial charge in [0.1, 0.15) is 0 Å². The highest BCUT2D eigenvalue weighted by atomic mass is 16.3. The fraction of sp³-hybridized carbons (Fsp3) is 1.00. The summed E-state index contributed by atoms with van der Waals surface area (Å²) in [6.45, 7) is 6.79. The van der Waals surface area contributed by atoms with Crippen molar-refractivity contribution in [2.75, 3.05) is 6.54 Å². The Kier molecular flexibility index (Phi) is 9.85. The van der Waals surface area contributed by atoms with E-state index in [0.717, 1.165) is 6.42 Å². The number of hydrogen-bond acceptors (Lipinski definition) is 2. The van der Waals surface area contributed by atoms with Gasteiger partial charge in [-0.05, 0) is 13.3 Å². The summed E-state index contributed by atoms with van der Waals surface area (Å²) in [5.74, 6) is 0. The summed E-state index contributed by atoms with van der Waals surface area (Å²) >= 11 is 0. The van der Waals surface area contributed by atoms with Crippen molar-refractivity contribution in [3.63, 3.8) is 0 Å². The zero-order chi connectivity index (χ0) is 13.1. The SMILES string of the molecule is CCCCCCCCCCC(C)(CN)C(C)O. The molecule has 17 heavy (non-hydrogen) atoms. The number of nitrogens with two attached hydrogens (primary N) is 1. The molecule has 0 amide bonds. The van der Waals surface area contributed by atoms with Gasteiger partial charge in [-0.3, -0.25) is 0 Å². The highest BCUT2D eigenvalue weighted by Crippen LogP contribution is 2.27. The van der Waals surface area contributed by atoms with Crippen LogP contribution in [0.25, 0.3) is 0 Å². The van der Waals surface area contributed by atoms with Gasteiger partial charge in [0.05, 0.1) is 6.10 Å². The zero-order valence-corrected chi connectivity index (χ0v) is 12.2. The molecule has 2 nitrogen and oxygen atoms in total. The molecule has 0 heterocycles. The molecule has 2 heteroatoms. The Hall–Kier alpha value is -0.0800. The van der Waals surface area contributed by atoms with E-state index in [2.05, 4.69) is 13.8 Å². The van der Waals surface area contributed by atoms with Crippen molar-refractivity contribution < 1.29 is 5.11 Å². The molecule has 0 radical (unpaired) electrons. The molecule has 2 unspecified atom stereocenters. The van der Waals surface area contributed by atoms with Crippen LogP contribution in [-0.2, 0) is 0 Å². The highest BCUT2D eigenvalue weighted by Gasteiger charge is 2.27. The van der Waals surface area contributed by atoms with Crippen molar-refractivity contribution >= 4 is 0 Å². The molecule has 0 aromatic carbocycles. The molecule has 0 saturated carbocycles. The molecular weight excluding hydrogens is 210 g/mol. The first kappa shape index (κ1) is 16.9. The van der Waals surface area contributed by atoms with Crippen LogP contribution in [-0.4, -0.2) is 17.8 Å². The van der Waals surface area contributed by atoms with Crippen LogP contribution in [0, 0.1) is 5.41 Å². The lowest BCUT2D eigenvalue weighted by Crippen LogP contribution is -2.37. The van der Waals surface area contributed by atoms with Crippen LogP contribution in [0.15, 0.2) is 0 Å². The maximum absolute atomic E-state index is 9.69. The van der Waals surface area contributed by atoms with Gasteiger partial charge in [-0.25, -0.2) is 0 Å². The Balaban J connectivity index is 3.44. The van der Waals surface area contributed by atoms with E-state index >= 15 is 0 Å². The van der Waals surface area contributed by atoms with Gasteiger partial charge in [0, 0.05) is 12.0 Å². The van der Waals surface area contributed by atoms with E-state index < -0.39 is 0 Å². The maximum atomic E-state index is 9.69. The van der Waals surface area contributed by atoms with Crippen LogP contribution in [0.4, 0.5) is 0 Å². The molecule has 0 aliphatic carbocycles. The van der Waals surface area contributed by atoms with E-state index in [4.69, 9.17) is 5.73 Å². The van der Waals surface area contributed by atoms with Gasteiger partial charge in [-0.2, -0.15) is 0 Å². The molecule has 0 bridgehead atoms. The predicted molar refractivity (Wildman–Crippen MR) is 76.1 cm³/mol. The van der Waals surface area contributed by atoms with Crippen LogP contribution in [0.3, 0.4) is 0 Å². The van der Waals surface area contributed by atoms with Crippen molar-refractivity contribution in [1.82, 2.24) is 0 Å². The first-order valence-corrected chi connectivity index (χ1v) is 7.45. The molecule has 3 N–H and O–H groups in total. The fourth-order valence-corrected chi connectivity index (χ4v) is 2.14. The Morgan fingerprint density at radius 3 is 1.88 bits per heavy atom. The summed E-state index contributed by atoms with van der Waals surface area (Å²) < 4.78 is 0. The largest absolute Gasteiger partial charge is 0.393 e. The summed E-state index contributed by atoms with van der Waals surface area (Å²) in [5.41, 5.74) is 5.66. The lowest BCUT2D eigenvalue weighted by atomic mass is 9.80. The third kappa shape index (κ3) is 7.77. The summed E-state index contributed by atoms with van der Waals surface area (Å²) in [6, 6.07) is 0. The molecule has 0 spiro atoms. The number of rotatable bonds is 11. The quantitative estimate of drug-likeness (QED) is 0.541. The van der Waals surface area contributed by atoms with E-state index in [0.29, 0.717) is 6.54 Å². The van der Waals surface area contributed by atoms with Crippen molar-refractivity contribution in [2.24, 2.45) is 11.1 Å². The minimum absolute atomic E-state index is 0.0811. The van der Waals surface area contributed by atoms with E-state index in [1.54, 1.807) is 0 Å². The van der Waals surface area contributed by atoms with Crippen molar-refractivity contribution in [1.29, 1.82) is 0 Å². The van der Waals surface area contributed by atoms with Crippen molar-refractivity contribution in [3.05, 3.63) is 0 Å². The summed E-state index contributed by atoms with van der Waals surface area (Å²) in [5, 5.41) is 9.69. The van der Waals surface area contributed by atoms with Gasteiger partial charge in [0.2, 0.25) is 0 Å². The first-order valence-electron chi connectivity index (χ1n) is 7.45. The molecule has 2 atom stereocenters. The molecule has 0 aromatic heterocycles. The second-order valence-electron chi connectivity index (χ2n) is 5.76. The molecule has 0 rings (SSSR count). The van der Waals surface area contributed by atoms with Crippen molar-refractivity contribution in [2.45, 2.75) is 84.7 Å². The van der Waals surface area contributed by atoms with Crippen LogP contribution in [0.5, 0.6) is 0 Å². The third-order valence-electron chi connectivity index (χ3n) is 4.08. The average Bonchev–Trinajstić information content (AvgIpc) is 2.32. The summed E-state index contributed by atoms with van der Waals surface area (Å²) in [4.78, 5) is 0. The number of hydrogen-bond donors (Lipinski definition) is 2. The van der Waals surface area contributed by atoms with E-state index in [1.165, 1.54) is 51.4 Å². The highest BCUT2D eigenvalue weighted by molar-refractivity contribution is 4.80.